The van der Waals surface area contributed by atoms with Gasteiger partial charge in [-0.1, -0.05) is 24.4 Å². The molecular formula is C11H17N5O2S. The van der Waals surface area contributed by atoms with Gasteiger partial charge in [-0.3, -0.25) is 0 Å². The minimum Gasteiger partial charge on any atom is -0.220 e. The SMILES string of the molecule is N#CCCCS(=O)(=O)c1nnnn1C1CCCCC1. The van der Waals surface area contributed by atoms with Crippen LogP contribution in [0.4, 0.5) is 0 Å². The molecule has 1 aliphatic carbocycles. The minimum absolute atomic E-state index is 0.0441. The Labute approximate surface area is 112 Å². The number of nitrogens with zero attached hydrogens (tertiary/aromatic N) is 5. The molecule has 2 rings (SSSR count). The molecule has 0 unspecified atom stereocenters. The third-order valence-corrected chi connectivity index (χ3v) is 5.01. The summed E-state index contributed by atoms with van der Waals surface area (Å²) in [6.07, 6.45) is 5.73. The number of hydrogen-bond acceptors (Lipinski definition) is 6. The second-order valence-corrected chi connectivity index (χ2v) is 6.78. The first kappa shape index (κ1) is 13.9. The molecule has 0 spiro atoms. The van der Waals surface area contributed by atoms with Crippen LogP contribution in [0.2, 0.25) is 0 Å². The minimum atomic E-state index is -3.49. The number of tetrazole rings is 1. The van der Waals surface area contributed by atoms with Crippen molar-refractivity contribution in [2.24, 2.45) is 0 Å². The Hall–Kier alpha value is -1.49. The summed E-state index contributed by atoms with van der Waals surface area (Å²) < 4.78 is 25.8. The van der Waals surface area contributed by atoms with Gasteiger partial charge in [-0.2, -0.15) is 5.26 Å². The highest BCUT2D eigenvalue weighted by atomic mass is 32.2. The molecule has 0 aliphatic heterocycles. The quantitative estimate of drug-likeness (QED) is 0.754. The Kier molecular flexibility index (Phi) is 4.47. The molecular weight excluding hydrogens is 266 g/mol. The van der Waals surface area contributed by atoms with Crippen molar-refractivity contribution in [1.29, 1.82) is 5.26 Å². The highest BCUT2D eigenvalue weighted by Crippen LogP contribution is 2.28. The Bertz CT molecular complexity index is 554. The Morgan fingerprint density at radius 2 is 2.05 bits per heavy atom. The summed E-state index contributed by atoms with van der Waals surface area (Å²) in [4.78, 5) is 0. The lowest BCUT2D eigenvalue weighted by molar-refractivity contribution is 0.305. The van der Waals surface area contributed by atoms with E-state index in [0.717, 1.165) is 25.7 Å². The van der Waals surface area contributed by atoms with E-state index < -0.39 is 9.84 Å². The van der Waals surface area contributed by atoms with Crippen molar-refractivity contribution in [3.63, 3.8) is 0 Å². The predicted octanol–water partition coefficient (Wildman–Crippen LogP) is 1.26. The third-order valence-electron chi connectivity index (χ3n) is 3.36. The first-order valence-corrected chi connectivity index (χ1v) is 8.18. The molecule has 0 bridgehead atoms. The van der Waals surface area contributed by atoms with Gasteiger partial charge < -0.3 is 0 Å². The molecule has 0 N–H and O–H groups in total. The van der Waals surface area contributed by atoms with E-state index in [0.29, 0.717) is 6.42 Å². The predicted molar refractivity (Wildman–Crippen MR) is 66.8 cm³/mol. The lowest BCUT2D eigenvalue weighted by Crippen LogP contribution is -2.21. The van der Waals surface area contributed by atoms with Crippen molar-refractivity contribution < 1.29 is 8.42 Å². The molecule has 0 radical (unpaired) electrons. The van der Waals surface area contributed by atoms with Gasteiger partial charge in [0.1, 0.15) is 0 Å². The van der Waals surface area contributed by atoms with Gasteiger partial charge in [0.2, 0.25) is 9.84 Å². The van der Waals surface area contributed by atoms with Crippen LogP contribution in [0.15, 0.2) is 5.16 Å². The molecule has 0 amide bonds. The van der Waals surface area contributed by atoms with Crippen molar-refractivity contribution >= 4 is 9.84 Å². The molecule has 1 aliphatic rings. The largest absolute Gasteiger partial charge is 0.267 e. The van der Waals surface area contributed by atoms with Gasteiger partial charge in [-0.15, -0.1) is 0 Å². The summed E-state index contributed by atoms with van der Waals surface area (Å²) in [6, 6.07) is 2.03. The standard InChI is InChI=1S/C11H17N5O2S/c12-8-4-5-9-19(17,18)11-13-14-15-16(11)10-6-2-1-3-7-10/h10H,1-7,9H2. The fraction of sp³-hybridized carbons (Fsp3) is 0.818. The second-order valence-electron chi connectivity index (χ2n) is 4.78. The zero-order valence-electron chi connectivity index (χ0n) is 10.7. The van der Waals surface area contributed by atoms with E-state index in [-0.39, 0.29) is 23.4 Å². The molecule has 1 aromatic rings. The van der Waals surface area contributed by atoms with Crippen LogP contribution in [0.1, 0.15) is 51.0 Å². The van der Waals surface area contributed by atoms with Crippen molar-refractivity contribution in [2.75, 3.05) is 5.75 Å². The normalized spacial score (nSPS) is 17.2. The molecule has 7 nitrogen and oxygen atoms in total. The maximum Gasteiger partial charge on any atom is 0.267 e. The van der Waals surface area contributed by atoms with Crippen LogP contribution in [0, 0.1) is 11.3 Å². The zero-order chi connectivity index (χ0) is 13.7. The second kappa shape index (κ2) is 6.10. The van der Waals surface area contributed by atoms with Gasteiger partial charge in [0.25, 0.3) is 5.16 Å². The number of unbranched alkanes of at least 4 members (excludes halogenated alkanes) is 1. The van der Waals surface area contributed by atoms with Crippen molar-refractivity contribution in [3.05, 3.63) is 0 Å². The van der Waals surface area contributed by atoms with E-state index in [1.807, 2.05) is 6.07 Å². The summed E-state index contributed by atoms with van der Waals surface area (Å²) in [6.45, 7) is 0. The van der Waals surface area contributed by atoms with Crippen LogP contribution >= 0.6 is 0 Å². The summed E-state index contributed by atoms with van der Waals surface area (Å²) >= 11 is 0. The van der Waals surface area contributed by atoms with Crippen LogP contribution in [-0.4, -0.2) is 34.4 Å². The summed E-state index contributed by atoms with van der Waals surface area (Å²) in [5.41, 5.74) is 0. The lowest BCUT2D eigenvalue weighted by Gasteiger charge is -2.21. The van der Waals surface area contributed by atoms with Crippen LogP contribution in [0.25, 0.3) is 0 Å². The van der Waals surface area contributed by atoms with E-state index in [9.17, 15) is 8.42 Å². The molecule has 0 atom stereocenters. The average molecular weight is 283 g/mol. The molecule has 0 saturated heterocycles. The molecule has 8 heteroatoms. The van der Waals surface area contributed by atoms with Gasteiger partial charge >= 0.3 is 0 Å². The maximum atomic E-state index is 12.2. The Morgan fingerprint density at radius 1 is 1.32 bits per heavy atom. The number of rotatable bonds is 5. The summed E-state index contributed by atoms with van der Waals surface area (Å²) in [7, 11) is -3.49. The fourth-order valence-corrected chi connectivity index (χ4v) is 3.72. The third kappa shape index (κ3) is 3.29. The molecule has 1 saturated carbocycles. The summed E-state index contributed by atoms with van der Waals surface area (Å²) in [5, 5.41) is 19.4. The van der Waals surface area contributed by atoms with Crippen LogP contribution in [0.3, 0.4) is 0 Å². The van der Waals surface area contributed by atoms with Gasteiger partial charge in [0, 0.05) is 6.42 Å². The highest BCUT2D eigenvalue weighted by molar-refractivity contribution is 7.91. The number of sulfone groups is 1. The number of nitriles is 1. The van der Waals surface area contributed by atoms with E-state index >= 15 is 0 Å². The molecule has 1 heterocycles. The van der Waals surface area contributed by atoms with E-state index in [4.69, 9.17) is 5.26 Å². The zero-order valence-corrected chi connectivity index (χ0v) is 11.5. The van der Waals surface area contributed by atoms with Crippen LogP contribution in [0.5, 0.6) is 0 Å². The van der Waals surface area contributed by atoms with Gasteiger partial charge in [0.05, 0.1) is 17.9 Å². The van der Waals surface area contributed by atoms with Crippen LogP contribution in [-0.2, 0) is 9.84 Å². The first-order chi connectivity index (χ1) is 9.15. The smallest absolute Gasteiger partial charge is 0.220 e. The van der Waals surface area contributed by atoms with Crippen molar-refractivity contribution in [3.8, 4) is 6.07 Å². The Morgan fingerprint density at radius 3 is 2.74 bits per heavy atom. The average Bonchev–Trinajstić information content (AvgIpc) is 2.90. The maximum absolute atomic E-state index is 12.2. The van der Waals surface area contributed by atoms with E-state index in [1.165, 1.54) is 11.1 Å². The summed E-state index contributed by atoms with van der Waals surface area (Å²) in [5.74, 6) is -0.0757. The van der Waals surface area contributed by atoms with Crippen molar-refractivity contribution in [2.45, 2.75) is 56.1 Å². The van der Waals surface area contributed by atoms with Gasteiger partial charge in [-0.25, -0.2) is 13.1 Å². The molecule has 1 aromatic heterocycles. The topological polar surface area (TPSA) is 102 Å². The van der Waals surface area contributed by atoms with Crippen LogP contribution < -0.4 is 0 Å². The lowest BCUT2D eigenvalue weighted by atomic mass is 9.96. The Balaban J connectivity index is 2.16. The molecule has 1 fully saturated rings. The first-order valence-electron chi connectivity index (χ1n) is 6.53. The number of hydrogen-bond donors (Lipinski definition) is 0. The fourth-order valence-electron chi connectivity index (χ4n) is 2.38. The van der Waals surface area contributed by atoms with Gasteiger partial charge in [0.15, 0.2) is 0 Å². The monoisotopic (exact) mass is 283 g/mol. The van der Waals surface area contributed by atoms with Crippen molar-refractivity contribution in [1.82, 2.24) is 20.2 Å². The molecule has 0 aromatic carbocycles. The highest BCUT2D eigenvalue weighted by Gasteiger charge is 2.27. The van der Waals surface area contributed by atoms with E-state index in [1.54, 1.807) is 0 Å². The number of aromatic nitrogens is 4. The molecule has 104 valence electrons. The van der Waals surface area contributed by atoms with Gasteiger partial charge in [-0.05, 0) is 29.7 Å². The molecule has 19 heavy (non-hydrogen) atoms. The van der Waals surface area contributed by atoms with E-state index in [2.05, 4.69) is 15.5 Å².